The van der Waals surface area contributed by atoms with E-state index < -0.39 is 6.69 Å². The lowest BCUT2D eigenvalue weighted by atomic mass is 11.0. The van der Waals surface area contributed by atoms with Crippen LogP contribution in [-0.4, -0.2) is 6.69 Å². The van der Waals surface area contributed by atoms with Gasteiger partial charge in [-0.3, -0.25) is 0 Å². The van der Waals surface area contributed by atoms with Crippen molar-refractivity contribution in [3.05, 3.63) is 6.92 Å². The molecule has 37 valence electrons. The molecule has 1 radical (unpaired) electrons. The molecule has 0 atom stereocenters. The van der Waals surface area contributed by atoms with Crippen molar-refractivity contribution in [3.8, 4) is 0 Å². The molecule has 0 nitrogen and oxygen atoms in total. The second-order valence-electron chi connectivity index (χ2n) is 1.32. The van der Waals surface area contributed by atoms with E-state index in [0.717, 1.165) is 0 Å². The Morgan fingerprint density at radius 3 is 1.83 bits per heavy atom. The van der Waals surface area contributed by atoms with Crippen LogP contribution in [0.2, 0.25) is 12.6 Å². The van der Waals surface area contributed by atoms with Crippen molar-refractivity contribution >= 4 is 28.9 Å². The molecule has 0 aliphatic rings. The van der Waals surface area contributed by atoms with Crippen LogP contribution in [0, 0.1) is 6.92 Å². The highest BCUT2D eigenvalue weighted by atomic mass is 35.7. The van der Waals surface area contributed by atoms with Gasteiger partial charge in [0.25, 0.3) is 0 Å². The van der Waals surface area contributed by atoms with Gasteiger partial charge < -0.3 is 0 Å². The van der Waals surface area contributed by atoms with E-state index in [1.54, 1.807) is 0 Å². The summed E-state index contributed by atoms with van der Waals surface area (Å²) in [6.07, 6.45) is 0. The fourth-order valence-electron chi connectivity index (χ4n) is 0. The summed E-state index contributed by atoms with van der Waals surface area (Å²) in [7, 11) is 0. The van der Waals surface area contributed by atoms with E-state index in [1.807, 2.05) is 6.55 Å². The predicted octanol–water partition coefficient (Wildman–Crippen LogP) is 2.37. The average Bonchev–Trinajstić information content (AvgIpc) is 1.35. The molecule has 0 unspecified atom stereocenters. The predicted molar refractivity (Wildman–Crippen MR) is 33.5 cm³/mol. The zero-order valence-electron chi connectivity index (χ0n) is 3.67. The van der Waals surface area contributed by atoms with E-state index in [9.17, 15) is 0 Å². The van der Waals surface area contributed by atoms with Crippen molar-refractivity contribution in [1.29, 1.82) is 0 Å². The first-order valence-corrected chi connectivity index (χ1v) is 6.46. The third-order valence-electron chi connectivity index (χ3n) is 0.439. The van der Waals surface area contributed by atoms with Crippen molar-refractivity contribution in [1.82, 2.24) is 0 Å². The summed E-state index contributed by atoms with van der Waals surface area (Å²) in [5.41, 5.74) is 0. The monoisotopic (exact) mass is 141 g/mol. The minimum Gasteiger partial charge on any atom is -0.146 e. The summed E-state index contributed by atoms with van der Waals surface area (Å²) in [5, 5.41) is 0. The Labute approximate surface area is 48.9 Å². The highest BCUT2D eigenvalue weighted by molar-refractivity contribution is 7.44. The normalized spacial score (nSPS) is 12.0. The molecule has 0 aliphatic carbocycles. The Kier molecular flexibility index (Phi) is 2.49. The summed E-state index contributed by atoms with van der Waals surface area (Å²) in [5.74, 6) is 0. The van der Waals surface area contributed by atoms with E-state index >= 15 is 0 Å². The summed E-state index contributed by atoms with van der Waals surface area (Å²) in [6, 6.07) is 0.691. The number of rotatable bonds is 1. The molecule has 3 heteroatoms. The SMILES string of the molecule is [CH2]C[Si](C)(Cl)Cl. The maximum Gasteiger partial charge on any atom is 0.248 e. The second kappa shape index (κ2) is 2.19. The maximum absolute atomic E-state index is 5.56. The maximum atomic E-state index is 5.56. The van der Waals surface area contributed by atoms with Crippen molar-refractivity contribution in [3.63, 3.8) is 0 Å². The van der Waals surface area contributed by atoms with E-state index in [0.29, 0.717) is 6.04 Å². The summed E-state index contributed by atoms with van der Waals surface area (Å²) < 4.78 is 0. The van der Waals surface area contributed by atoms with Gasteiger partial charge in [-0.2, -0.15) is 0 Å². The molecule has 6 heavy (non-hydrogen) atoms. The zero-order valence-corrected chi connectivity index (χ0v) is 6.18. The van der Waals surface area contributed by atoms with Crippen LogP contribution in [0.3, 0.4) is 0 Å². The number of halogens is 2. The van der Waals surface area contributed by atoms with Gasteiger partial charge in [0.1, 0.15) is 0 Å². The van der Waals surface area contributed by atoms with Crippen LogP contribution in [0.25, 0.3) is 0 Å². The second-order valence-corrected chi connectivity index (χ2v) is 9.55. The molecule has 0 bridgehead atoms. The number of hydrogen-bond acceptors (Lipinski definition) is 0. The molecule has 0 aromatic rings. The fourth-order valence-corrected chi connectivity index (χ4v) is 0. The quantitative estimate of drug-likeness (QED) is 0.389. The molecule has 0 heterocycles. The Balaban J connectivity index is 3.17. The van der Waals surface area contributed by atoms with Crippen LogP contribution in [0.15, 0.2) is 0 Å². The van der Waals surface area contributed by atoms with Crippen LogP contribution in [0.4, 0.5) is 0 Å². The molecular formula is C3H7Cl2Si. The fraction of sp³-hybridized carbons (Fsp3) is 0.667. The minimum atomic E-state index is -1.80. The highest BCUT2D eigenvalue weighted by Crippen LogP contribution is 2.17. The largest absolute Gasteiger partial charge is 0.248 e. The van der Waals surface area contributed by atoms with Crippen LogP contribution in [0.1, 0.15) is 0 Å². The van der Waals surface area contributed by atoms with Crippen molar-refractivity contribution in [2.24, 2.45) is 0 Å². The molecule has 0 aliphatic heterocycles. The molecule has 0 N–H and O–H groups in total. The summed E-state index contributed by atoms with van der Waals surface area (Å²) in [4.78, 5) is 0. The van der Waals surface area contributed by atoms with E-state index in [4.69, 9.17) is 22.2 Å². The van der Waals surface area contributed by atoms with Crippen molar-refractivity contribution < 1.29 is 0 Å². The van der Waals surface area contributed by atoms with Crippen LogP contribution in [0.5, 0.6) is 0 Å². The molecule has 0 saturated heterocycles. The van der Waals surface area contributed by atoms with Crippen molar-refractivity contribution in [2.75, 3.05) is 0 Å². The molecule has 0 spiro atoms. The van der Waals surface area contributed by atoms with Crippen molar-refractivity contribution in [2.45, 2.75) is 12.6 Å². The standard InChI is InChI=1S/C3H7Cl2Si/c1-3-6(2,4)5/h1,3H2,2H3. The Morgan fingerprint density at radius 1 is 1.67 bits per heavy atom. The van der Waals surface area contributed by atoms with E-state index in [2.05, 4.69) is 6.92 Å². The lowest BCUT2D eigenvalue weighted by Gasteiger charge is -2.01. The first kappa shape index (κ1) is 6.80. The molecule has 0 rings (SSSR count). The van der Waals surface area contributed by atoms with E-state index in [1.165, 1.54) is 0 Å². The van der Waals surface area contributed by atoms with Gasteiger partial charge in [-0.05, 0) is 12.6 Å². The first-order chi connectivity index (χ1) is 2.56. The van der Waals surface area contributed by atoms with Gasteiger partial charge >= 0.3 is 0 Å². The lowest BCUT2D eigenvalue weighted by molar-refractivity contribution is 1.67. The van der Waals surface area contributed by atoms with Crippen LogP contribution < -0.4 is 0 Å². The first-order valence-electron chi connectivity index (χ1n) is 1.73. The molecule has 0 aromatic heterocycles. The molecule has 0 aromatic carbocycles. The summed E-state index contributed by atoms with van der Waals surface area (Å²) >= 11 is 11.1. The minimum absolute atomic E-state index is 0.691. The smallest absolute Gasteiger partial charge is 0.146 e. The van der Waals surface area contributed by atoms with Gasteiger partial charge in [0.05, 0.1) is 0 Å². The molecule has 0 fully saturated rings. The Morgan fingerprint density at radius 2 is 1.83 bits per heavy atom. The molecular weight excluding hydrogens is 135 g/mol. The number of hydrogen-bond donors (Lipinski definition) is 0. The Bertz CT molecular complexity index is 38.5. The van der Waals surface area contributed by atoms with Gasteiger partial charge in [0.15, 0.2) is 0 Å². The lowest BCUT2D eigenvalue weighted by Crippen LogP contribution is -2.08. The Hall–Kier alpha value is 0.797. The molecule has 0 amide bonds. The topological polar surface area (TPSA) is 0 Å². The molecule has 0 saturated carbocycles. The van der Waals surface area contributed by atoms with Gasteiger partial charge in [-0.15, -0.1) is 22.2 Å². The third kappa shape index (κ3) is 4.80. The van der Waals surface area contributed by atoms with E-state index in [-0.39, 0.29) is 0 Å². The van der Waals surface area contributed by atoms with Crippen LogP contribution >= 0.6 is 22.2 Å². The highest BCUT2D eigenvalue weighted by Gasteiger charge is 2.15. The zero-order chi connectivity index (χ0) is 5.21. The average molecular weight is 142 g/mol. The third-order valence-corrected chi connectivity index (χ3v) is 2.45. The van der Waals surface area contributed by atoms with Crippen LogP contribution in [-0.2, 0) is 0 Å². The van der Waals surface area contributed by atoms with Gasteiger partial charge in [0, 0.05) is 0 Å². The van der Waals surface area contributed by atoms with Gasteiger partial charge in [-0.1, -0.05) is 6.92 Å². The van der Waals surface area contributed by atoms with Gasteiger partial charge in [0.2, 0.25) is 6.69 Å². The summed E-state index contributed by atoms with van der Waals surface area (Å²) in [6.45, 7) is 3.61. The van der Waals surface area contributed by atoms with Gasteiger partial charge in [-0.25, -0.2) is 0 Å².